The van der Waals surface area contributed by atoms with Crippen molar-refractivity contribution in [1.29, 1.82) is 0 Å². The van der Waals surface area contributed by atoms with Crippen molar-refractivity contribution in [3.8, 4) is 0 Å². The minimum absolute atomic E-state index is 0.324. The van der Waals surface area contributed by atoms with Crippen molar-refractivity contribution in [2.45, 2.75) is 27.2 Å². The van der Waals surface area contributed by atoms with Crippen molar-refractivity contribution in [3.05, 3.63) is 35.6 Å². The molecule has 0 bridgehead atoms. The summed E-state index contributed by atoms with van der Waals surface area (Å²) >= 11 is 0. The lowest BCUT2D eigenvalue weighted by Crippen LogP contribution is -2.21. The first-order chi connectivity index (χ1) is 7.99. The molecule has 2 aliphatic rings. The molecule has 0 amide bonds. The Kier molecular flexibility index (Phi) is 2.98. The zero-order chi connectivity index (χ0) is 12.6. The zero-order valence-electron chi connectivity index (χ0n) is 11.0. The summed E-state index contributed by atoms with van der Waals surface area (Å²) < 4.78 is 5.23. The Morgan fingerprint density at radius 3 is 2.71 bits per heavy atom. The molecule has 0 unspecified atom stereocenters. The molecular formula is C15H20O2. The van der Waals surface area contributed by atoms with E-state index in [2.05, 4.69) is 19.9 Å². The minimum Gasteiger partial charge on any atom is -0.497 e. The van der Waals surface area contributed by atoms with Crippen molar-refractivity contribution >= 4 is 5.78 Å². The van der Waals surface area contributed by atoms with E-state index in [4.69, 9.17) is 4.74 Å². The fourth-order valence-electron chi connectivity index (χ4n) is 2.76. The zero-order valence-corrected chi connectivity index (χ0v) is 11.0. The Labute approximate surface area is 103 Å². The Morgan fingerprint density at radius 1 is 1.41 bits per heavy atom. The first-order valence-electron chi connectivity index (χ1n) is 6.18. The number of rotatable bonds is 2. The van der Waals surface area contributed by atoms with E-state index in [0.29, 0.717) is 24.0 Å². The molecule has 2 rings (SSSR count). The molecule has 2 nitrogen and oxygen atoms in total. The Morgan fingerprint density at radius 2 is 2.12 bits per heavy atom. The highest BCUT2D eigenvalue weighted by Crippen LogP contribution is 2.48. The summed E-state index contributed by atoms with van der Waals surface area (Å²) in [7, 11) is 1.65. The SMILES string of the molecule is COC1=CC=C2[C@@H](C(C)C)CC(=O)[C@]2(C)C=C1. The van der Waals surface area contributed by atoms with E-state index in [1.165, 1.54) is 5.57 Å². The molecule has 0 aliphatic heterocycles. The van der Waals surface area contributed by atoms with Crippen LogP contribution in [0.5, 0.6) is 0 Å². The number of allylic oxidation sites excluding steroid dienone is 5. The number of fused-ring (bicyclic) bond motifs is 1. The molecule has 0 aromatic rings. The molecule has 2 heteroatoms. The Bertz CT molecular complexity index is 426. The van der Waals surface area contributed by atoms with Crippen LogP contribution >= 0.6 is 0 Å². The van der Waals surface area contributed by atoms with Crippen molar-refractivity contribution < 1.29 is 9.53 Å². The standard InChI is InChI=1S/C15H20O2/c1-10(2)12-9-14(16)15(3)8-7-11(17-4)5-6-13(12)15/h5-8,10,12H,9H2,1-4H3/t12-,15-/m1/s1. The molecule has 1 fully saturated rings. The third kappa shape index (κ3) is 1.86. The second kappa shape index (κ2) is 4.17. The van der Waals surface area contributed by atoms with Crippen LogP contribution in [0.25, 0.3) is 0 Å². The molecule has 1 saturated carbocycles. The van der Waals surface area contributed by atoms with Gasteiger partial charge in [-0.2, -0.15) is 0 Å². The van der Waals surface area contributed by atoms with Crippen LogP contribution in [-0.4, -0.2) is 12.9 Å². The van der Waals surface area contributed by atoms with Crippen molar-refractivity contribution in [2.24, 2.45) is 17.3 Å². The highest BCUT2D eigenvalue weighted by molar-refractivity contribution is 5.93. The molecule has 0 heterocycles. The quantitative estimate of drug-likeness (QED) is 0.730. The van der Waals surface area contributed by atoms with Crippen LogP contribution in [0.15, 0.2) is 35.6 Å². The normalized spacial score (nSPS) is 32.1. The molecule has 2 aliphatic carbocycles. The first kappa shape index (κ1) is 12.2. The van der Waals surface area contributed by atoms with Crippen LogP contribution < -0.4 is 0 Å². The maximum Gasteiger partial charge on any atom is 0.147 e. The number of Topliss-reactive ketones (excluding diaryl/α,β-unsaturated/α-hetero) is 1. The van der Waals surface area contributed by atoms with Gasteiger partial charge in [0.15, 0.2) is 0 Å². The topological polar surface area (TPSA) is 26.3 Å². The van der Waals surface area contributed by atoms with E-state index in [-0.39, 0.29) is 0 Å². The molecule has 92 valence electrons. The van der Waals surface area contributed by atoms with Gasteiger partial charge in [0.1, 0.15) is 11.5 Å². The average molecular weight is 232 g/mol. The summed E-state index contributed by atoms with van der Waals surface area (Å²) in [6.07, 6.45) is 8.61. The monoisotopic (exact) mass is 232 g/mol. The second-order valence-corrected chi connectivity index (χ2v) is 5.41. The number of carbonyl (C=O) groups is 1. The lowest BCUT2D eigenvalue weighted by Gasteiger charge is -2.23. The molecule has 0 N–H and O–H groups in total. The molecule has 2 atom stereocenters. The van der Waals surface area contributed by atoms with E-state index in [0.717, 1.165) is 5.76 Å². The summed E-state index contributed by atoms with van der Waals surface area (Å²) in [5.41, 5.74) is 0.812. The molecule has 0 aromatic carbocycles. The highest BCUT2D eigenvalue weighted by Gasteiger charge is 2.46. The maximum absolute atomic E-state index is 12.2. The van der Waals surface area contributed by atoms with Crippen LogP contribution in [0.3, 0.4) is 0 Å². The van der Waals surface area contributed by atoms with Gasteiger partial charge in [-0.1, -0.05) is 26.0 Å². The predicted molar refractivity (Wildman–Crippen MR) is 68.4 cm³/mol. The lowest BCUT2D eigenvalue weighted by molar-refractivity contribution is -0.122. The van der Waals surface area contributed by atoms with Crippen LogP contribution in [0.4, 0.5) is 0 Å². The fourth-order valence-corrected chi connectivity index (χ4v) is 2.76. The Hall–Kier alpha value is -1.31. The molecule has 17 heavy (non-hydrogen) atoms. The number of hydrogen-bond acceptors (Lipinski definition) is 2. The smallest absolute Gasteiger partial charge is 0.147 e. The van der Waals surface area contributed by atoms with Gasteiger partial charge in [0.2, 0.25) is 0 Å². The van der Waals surface area contributed by atoms with E-state index < -0.39 is 5.41 Å². The summed E-state index contributed by atoms with van der Waals surface area (Å²) in [5.74, 6) is 2.00. The number of ketones is 1. The molecular weight excluding hydrogens is 212 g/mol. The van der Waals surface area contributed by atoms with Crippen LogP contribution in [0.2, 0.25) is 0 Å². The van der Waals surface area contributed by atoms with Crippen LogP contribution in [0.1, 0.15) is 27.2 Å². The maximum atomic E-state index is 12.2. The summed E-state index contributed by atoms with van der Waals surface area (Å²) in [5, 5.41) is 0. The number of ether oxygens (including phenoxy) is 1. The number of hydrogen-bond donors (Lipinski definition) is 0. The first-order valence-corrected chi connectivity index (χ1v) is 6.18. The van der Waals surface area contributed by atoms with Gasteiger partial charge in [-0.15, -0.1) is 0 Å². The van der Waals surface area contributed by atoms with Gasteiger partial charge < -0.3 is 4.74 Å². The second-order valence-electron chi connectivity index (χ2n) is 5.41. The average Bonchev–Trinajstić information content (AvgIpc) is 2.45. The van der Waals surface area contributed by atoms with Gasteiger partial charge in [-0.05, 0) is 36.5 Å². The fraction of sp³-hybridized carbons (Fsp3) is 0.533. The number of methoxy groups -OCH3 is 1. The minimum atomic E-state index is -0.425. The van der Waals surface area contributed by atoms with Gasteiger partial charge in [-0.3, -0.25) is 4.79 Å². The van der Waals surface area contributed by atoms with Crippen LogP contribution in [0, 0.1) is 17.3 Å². The van der Waals surface area contributed by atoms with E-state index in [9.17, 15) is 4.79 Å². The van der Waals surface area contributed by atoms with E-state index >= 15 is 0 Å². The Balaban J connectivity index is 2.47. The highest BCUT2D eigenvalue weighted by atomic mass is 16.5. The van der Waals surface area contributed by atoms with Crippen molar-refractivity contribution in [1.82, 2.24) is 0 Å². The van der Waals surface area contributed by atoms with Gasteiger partial charge in [0.05, 0.1) is 12.5 Å². The van der Waals surface area contributed by atoms with E-state index in [1.807, 2.05) is 25.2 Å². The van der Waals surface area contributed by atoms with Crippen molar-refractivity contribution in [2.75, 3.05) is 7.11 Å². The lowest BCUT2D eigenvalue weighted by atomic mass is 9.79. The molecule has 0 radical (unpaired) electrons. The molecule has 0 aromatic heterocycles. The third-order valence-corrected chi connectivity index (χ3v) is 4.03. The molecule has 0 saturated heterocycles. The summed E-state index contributed by atoms with van der Waals surface area (Å²) in [6.45, 7) is 6.38. The summed E-state index contributed by atoms with van der Waals surface area (Å²) in [4.78, 5) is 12.2. The van der Waals surface area contributed by atoms with Gasteiger partial charge in [0.25, 0.3) is 0 Å². The predicted octanol–water partition coefficient (Wildman–Crippen LogP) is 3.26. The number of carbonyl (C=O) groups excluding carboxylic acids is 1. The van der Waals surface area contributed by atoms with Gasteiger partial charge in [-0.25, -0.2) is 0 Å². The molecule has 0 spiro atoms. The summed E-state index contributed by atoms with van der Waals surface area (Å²) in [6, 6.07) is 0. The van der Waals surface area contributed by atoms with Gasteiger partial charge >= 0.3 is 0 Å². The van der Waals surface area contributed by atoms with E-state index in [1.54, 1.807) is 7.11 Å². The third-order valence-electron chi connectivity index (χ3n) is 4.03. The van der Waals surface area contributed by atoms with Gasteiger partial charge in [0, 0.05) is 6.42 Å². The van der Waals surface area contributed by atoms with Crippen molar-refractivity contribution in [3.63, 3.8) is 0 Å². The largest absolute Gasteiger partial charge is 0.497 e. The van der Waals surface area contributed by atoms with Crippen LogP contribution in [-0.2, 0) is 9.53 Å².